The van der Waals surface area contributed by atoms with Gasteiger partial charge in [0.05, 0.1) is 0 Å². The number of halogens is 1. The number of hydrogen-bond acceptors (Lipinski definition) is 2. The Balaban J connectivity index is 2.34. The topological polar surface area (TPSA) is 41.1 Å². The van der Waals surface area contributed by atoms with E-state index in [1.54, 1.807) is 0 Å². The van der Waals surface area contributed by atoms with E-state index in [4.69, 9.17) is 0 Å². The summed E-state index contributed by atoms with van der Waals surface area (Å²) in [6.45, 7) is 3.83. The van der Waals surface area contributed by atoms with Gasteiger partial charge in [-0.1, -0.05) is 41.4 Å². The highest BCUT2D eigenvalue weighted by Gasteiger charge is 2.09. The molecular weight excluding hydrogens is 316 g/mol. The summed E-state index contributed by atoms with van der Waals surface area (Å²) in [4.78, 5) is 11.7. The number of benzene rings is 1. The highest BCUT2D eigenvalue weighted by atomic mass is 79.9. The second-order valence-corrected chi connectivity index (χ2v) is 6.04. The molecule has 0 aliphatic heterocycles. The van der Waals surface area contributed by atoms with Crippen molar-refractivity contribution in [1.82, 2.24) is 10.6 Å². The van der Waals surface area contributed by atoms with Gasteiger partial charge in [0.1, 0.15) is 0 Å². The van der Waals surface area contributed by atoms with E-state index in [0.29, 0.717) is 12.3 Å². The van der Waals surface area contributed by atoms with Crippen LogP contribution in [0.15, 0.2) is 28.7 Å². The van der Waals surface area contributed by atoms with Gasteiger partial charge < -0.3 is 10.6 Å². The molecule has 0 fully saturated rings. The van der Waals surface area contributed by atoms with E-state index in [1.165, 1.54) is 5.56 Å². The van der Waals surface area contributed by atoms with Gasteiger partial charge in [-0.05, 0) is 50.0 Å². The molecule has 1 amide bonds. The Morgan fingerprint density at radius 2 is 2.20 bits per heavy atom. The van der Waals surface area contributed by atoms with Crippen molar-refractivity contribution in [3.05, 3.63) is 34.3 Å². The minimum Gasteiger partial charge on any atom is -0.356 e. The van der Waals surface area contributed by atoms with E-state index < -0.39 is 0 Å². The van der Waals surface area contributed by atoms with E-state index in [0.717, 1.165) is 36.8 Å². The summed E-state index contributed by atoms with van der Waals surface area (Å²) in [5.41, 5.74) is 1.32. The quantitative estimate of drug-likeness (QED) is 0.678. The zero-order valence-corrected chi connectivity index (χ0v) is 14.0. The van der Waals surface area contributed by atoms with Crippen LogP contribution in [0, 0.1) is 5.92 Å². The van der Waals surface area contributed by atoms with E-state index in [2.05, 4.69) is 51.7 Å². The maximum Gasteiger partial charge on any atom is 0.220 e. The van der Waals surface area contributed by atoms with Crippen LogP contribution in [0.25, 0.3) is 0 Å². The van der Waals surface area contributed by atoms with Gasteiger partial charge in [-0.2, -0.15) is 0 Å². The molecule has 1 atom stereocenters. The molecule has 1 aromatic carbocycles. The lowest BCUT2D eigenvalue weighted by Gasteiger charge is -2.16. The molecule has 112 valence electrons. The van der Waals surface area contributed by atoms with Gasteiger partial charge in [0.15, 0.2) is 0 Å². The van der Waals surface area contributed by atoms with Crippen LogP contribution in [0.3, 0.4) is 0 Å². The van der Waals surface area contributed by atoms with Crippen molar-refractivity contribution in [2.24, 2.45) is 5.92 Å². The Morgan fingerprint density at radius 1 is 1.40 bits per heavy atom. The Morgan fingerprint density at radius 3 is 2.85 bits per heavy atom. The van der Waals surface area contributed by atoms with Crippen molar-refractivity contribution >= 4 is 21.8 Å². The molecule has 0 saturated carbocycles. The van der Waals surface area contributed by atoms with Crippen molar-refractivity contribution in [2.45, 2.75) is 32.6 Å². The molecule has 0 heterocycles. The van der Waals surface area contributed by atoms with E-state index in [-0.39, 0.29) is 5.91 Å². The first-order valence-electron chi connectivity index (χ1n) is 7.31. The van der Waals surface area contributed by atoms with Crippen LogP contribution in [-0.4, -0.2) is 26.0 Å². The van der Waals surface area contributed by atoms with Gasteiger partial charge in [-0.3, -0.25) is 4.79 Å². The average molecular weight is 341 g/mol. The molecule has 0 spiro atoms. The third-order valence-corrected chi connectivity index (χ3v) is 3.90. The summed E-state index contributed by atoms with van der Waals surface area (Å²) >= 11 is 3.50. The van der Waals surface area contributed by atoms with Crippen molar-refractivity contribution in [2.75, 3.05) is 20.1 Å². The van der Waals surface area contributed by atoms with E-state index in [9.17, 15) is 4.79 Å². The van der Waals surface area contributed by atoms with Crippen molar-refractivity contribution in [3.63, 3.8) is 0 Å². The van der Waals surface area contributed by atoms with Gasteiger partial charge in [0, 0.05) is 17.4 Å². The third-order valence-electron chi connectivity index (χ3n) is 3.41. The molecule has 0 saturated heterocycles. The molecule has 0 radical (unpaired) electrons. The normalized spacial score (nSPS) is 12.2. The molecule has 4 heteroatoms. The molecule has 0 bridgehead atoms. The van der Waals surface area contributed by atoms with Crippen molar-refractivity contribution in [3.8, 4) is 0 Å². The largest absolute Gasteiger partial charge is 0.356 e. The summed E-state index contributed by atoms with van der Waals surface area (Å²) in [6.07, 6.45) is 3.58. The summed E-state index contributed by atoms with van der Waals surface area (Å²) in [5, 5.41) is 6.10. The molecule has 20 heavy (non-hydrogen) atoms. The van der Waals surface area contributed by atoms with Crippen LogP contribution in [0.1, 0.15) is 31.7 Å². The molecule has 0 aliphatic rings. The molecule has 1 aromatic rings. The first-order chi connectivity index (χ1) is 9.65. The first-order valence-corrected chi connectivity index (χ1v) is 8.10. The van der Waals surface area contributed by atoms with Crippen LogP contribution in [0.4, 0.5) is 0 Å². The lowest BCUT2D eigenvalue weighted by molar-refractivity contribution is -0.121. The summed E-state index contributed by atoms with van der Waals surface area (Å²) in [6, 6.07) is 8.38. The predicted octanol–water partition coefficient (Wildman–Crippen LogP) is 3.13. The monoisotopic (exact) mass is 340 g/mol. The number of carbonyl (C=O) groups is 1. The van der Waals surface area contributed by atoms with Crippen LogP contribution < -0.4 is 10.6 Å². The first kappa shape index (κ1) is 17.2. The minimum atomic E-state index is 0.160. The second-order valence-electron chi connectivity index (χ2n) is 5.12. The third kappa shape index (κ3) is 7.06. The number of hydrogen-bond donors (Lipinski definition) is 2. The maximum absolute atomic E-state index is 11.7. The van der Waals surface area contributed by atoms with Crippen LogP contribution in [0.5, 0.6) is 0 Å². The molecule has 2 N–H and O–H groups in total. The van der Waals surface area contributed by atoms with Crippen LogP contribution >= 0.6 is 15.9 Å². The average Bonchev–Trinajstić information content (AvgIpc) is 2.43. The van der Waals surface area contributed by atoms with Gasteiger partial charge in [-0.25, -0.2) is 0 Å². The minimum absolute atomic E-state index is 0.160. The molecular formula is C16H25BrN2O. The Kier molecular flexibility index (Phi) is 8.54. The van der Waals surface area contributed by atoms with Gasteiger partial charge >= 0.3 is 0 Å². The zero-order chi connectivity index (χ0) is 14.8. The lowest BCUT2D eigenvalue weighted by atomic mass is 9.97. The Bertz CT molecular complexity index is 409. The van der Waals surface area contributed by atoms with Crippen LogP contribution in [0.2, 0.25) is 0 Å². The SMILES string of the molecule is CCC(CNC(=O)CCCNC)Cc1cccc(Br)c1. The highest BCUT2D eigenvalue weighted by Crippen LogP contribution is 2.16. The molecule has 1 unspecified atom stereocenters. The fourth-order valence-electron chi connectivity index (χ4n) is 2.13. The summed E-state index contributed by atoms with van der Waals surface area (Å²) in [7, 11) is 1.91. The Labute approximate surface area is 130 Å². The van der Waals surface area contributed by atoms with Gasteiger partial charge in [0.25, 0.3) is 0 Å². The summed E-state index contributed by atoms with van der Waals surface area (Å²) in [5.74, 6) is 0.658. The lowest BCUT2D eigenvalue weighted by Crippen LogP contribution is -2.30. The van der Waals surface area contributed by atoms with Crippen LogP contribution in [-0.2, 0) is 11.2 Å². The van der Waals surface area contributed by atoms with E-state index >= 15 is 0 Å². The molecule has 0 aliphatic carbocycles. The molecule has 0 aromatic heterocycles. The smallest absolute Gasteiger partial charge is 0.220 e. The van der Waals surface area contributed by atoms with Gasteiger partial charge in [-0.15, -0.1) is 0 Å². The number of nitrogens with one attached hydrogen (secondary N) is 2. The second kappa shape index (κ2) is 9.94. The zero-order valence-electron chi connectivity index (χ0n) is 12.4. The Hall–Kier alpha value is -0.870. The highest BCUT2D eigenvalue weighted by molar-refractivity contribution is 9.10. The molecule has 1 rings (SSSR count). The number of rotatable bonds is 9. The number of amides is 1. The van der Waals surface area contributed by atoms with Crippen molar-refractivity contribution < 1.29 is 4.79 Å². The van der Waals surface area contributed by atoms with Gasteiger partial charge in [0.2, 0.25) is 5.91 Å². The molecule has 3 nitrogen and oxygen atoms in total. The predicted molar refractivity (Wildman–Crippen MR) is 87.8 cm³/mol. The summed E-state index contributed by atoms with van der Waals surface area (Å²) < 4.78 is 1.11. The standard InChI is InChI=1S/C16H25BrN2O/c1-3-13(10-14-6-4-7-15(17)11-14)12-19-16(20)8-5-9-18-2/h4,6-7,11,13,18H,3,5,8-10,12H2,1-2H3,(H,19,20). The van der Waals surface area contributed by atoms with E-state index in [1.807, 2.05) is 13.1 Å². The number of carbonyl (C=O) groups excluding carboxylic acids is 1. The fourth-order valence-corrected chi connectivity index (χ4v) is 2.58. The van der Waals surface area contributed by atoms with Crippen molar-refractivity contribution in [1.29, 1.82) is 0 Å². The fraction of sp³-hybridized carbons (Fsp3) is 0.562. The maximum atomic E-state index is 11.7.